The van der Waals surface area contributed by atoms with Crippen LogP contribution in [0, 0.1) is 11.3 Å². The average Bonchev–Trinajstić information content (AvgIpc) is 2.39. The molecule has 1 rings (SSSR count). The summed E-state index contributed by atoms with van der Waals surface area (Å²) in [6, 6.07) is 7.50. The maximum atomic E-state index is 12.0. The standard InChI is InChI=1S/C11H14N2O4S2/c1-3-18(14,15)13(19(16,17)4-2)11-8-6-5-7-10(11)9-12/h5-8H,3-4H2,1-2H3. The second-order valence-electron chi connectivity index (χ2n) is 3.63. The highest BCUT2D eigenvalue weighted by Crippen LogP contribution is 2.26. The summed E-state index contributed by atoms with van der Waals surface area (Å²) in [6.07, 6.45) is 0. The van der Waals surface area contributed by atoms with Crippen molar-refractivity contribution in [2.45, 2.75) is 13.8 Å². The molecule has 0 aliphatic rings. The zero-order valence-electron chi connectivity index (χ0n) is 10.6. The van der Waals surface area contributed by atoms with Gasteiger partial charge in [0.15, 0.2) is 0 Å². The minimum Gasteiger partial charge on any atom is -0.205 e. The average molecular weight is 302 g/mol. The third-order valence-corrected chi connectivity index (χ3v) is 6.68. The SMILES string of the molecule is CCS(=O)(=O)N(c1ccccc1C#N)S(=O)(=O)CC. The fourth-order valence-corrected chi connectivity index (χ4v) is 4.84. The van der Waals surface area contributed by atoms with E-state index in [1.54, 1.807) is 6.07 Å². The maximum Gasteiger partial charge on any atom is 0.247 e. The van der Waals surface area contributed by atoms with Gasteiger partial charge in [-0.1, -0.05) is 12.1 Å². The molecule has 0 N–H and O–H groups in total. The van der Waals surface area contributed by atoms with Crippen LogP contribution in [0.15, 0.2) is 24.3 Å². The van der Waals surface area contributed by atoms with Crippen molar-refractivity contribution in [1.29, 1.82) is 5.26 Å². The summed E-state index contributed by atoms with van der Waals surface area (Å²) >= 11 is 0. The van der Waals surface area contributed by atoms with Gasteiger partial charge in [-0.15, -0.1) is 0 Å². The summed E-state index contributed by atoms with van der Waals surface area (Å²) < 4.78 is 48.4. The van der Waals surface area contributed by atoms with Gasteiger partial charge in [-0.2, -0.15) is 8.97 Å². The summed E-state index contributed by atoms with van der Waals surface area (Å²) in [5.41, 5.74) is -0.134. The van der Waals surface area contributed by atoms with Crippen molar-refractivity contribution in [3.8, 4) is 6.07 Å². The number of hydrogen-bond acceptors (Lipinski definition) is 5. The lowest BCUT2D eigenvalue weighted by atomic mass is 10.2. The summed E-state index contributed by atoms with van der Waals surface area (Å²) in [4.78, 5) is 0. The molecular weight excluding hydrogens is 288 g/mol. The van der Waals surface area contributed by atoms with E-state index >= 15 is 0 Å². The van der Waals surface area contributed by atoms with Crippen molar-refractivity contribution in [3.63, 3.8) is 0 Å². The van der Waals surface area contributed by atoms with E-state index in [-0.39, 0.29) is 22.8 Å². The van der Waals surface area contributed by atoms with Gasteiger partial charge in [-0.3, -0.25) is 0 Å². The number of benzene rings is 1. The Hall–Kier alpha value is -1.59. The largest absolute Gasteiger partial charge is 0.247 e. The fraction of sp³-hybridized carbons (Fsp3) is 0.364. The first-order valence-electron chi connectivity index (χ1n) is 5.55. The molecule has 0 radical (unpaired) electrons. The van der Waals surface area contributed by atoms with E-state index in [9.17, 15) is 16.8 Å². The van der Waals surface area contributed by atoms with Crippen LogP contribution < -0.4 is 3.71 Å². The smallest absolute Gasteiger partial charge is 0.205 e. The van der Waals surface area contributed by atoms with Crippen molar-refractivity contribution >= 4 is 25.7 Å². The monoisotopic (exact) mass is 302 g/mol. The van der Waals surface area contributed by atoms with Crippen molar-refractivity contribution < 1.29 is 16.8 Å². The number of rotatable bonds is 5. The summed E-state index contributed by atoms with van der Waals surface area (Å²) in [6.45, 7) is 2.70. The zero-order valence-corrected chi connectivity index (χ0v) is 12.2. The second kappa shape index (κ2) is 5.59. The molecule has 8 heteroatoms. The molecule has 0 aromatic heterocycles. The van der Waals surface area contributed by atoms with Gasteiger partial charge in [0, 0.05) is 0 Å². The van der Waals surface area contributed by atoms with Gasteiger partial charge < -0.3 is 0 Å². The minimum atomic E-state index is -4.02. The van der Waals surface area contributed by atoms with Crippen LogP contribution in [0.1, 0.15) is 19.4 Å². The van der Waals surface area contributed by atoms with Crippen LogP contribution in [-0.4, -0.2) is 28.3 Å². The molecule has 0 saturated carbocycles. The number of nitriles is 1. The molecule has 6 nitrogen and oxygen atoms in total. The van der Waals surface area contributed by atoms with Crippen LogP contribution in [0.5, 0.6) is 0 Å². The van der Waals surface area contributed by atoms with Gasteiger partial charge >= 0.3 is 0 Å². The Balaban J connectivity index is 3.65. The summed E-state index contributed by atoms with van der Waals surface area (Å²) in [5, 5.41) is 8.98. The molecule has 0 atom stereocenters. The molecule has 0 spiro atoms. The molecule has 0 unspecified atom stereocenters. The van der Waals surface area contributed by atoms with E-state index in [0.717, 1.165) is 0 Å². The third kappa shape index (κ3) is 3.05. The number of sulfonamides is 2. The lowest BCUT2D eigenvalue weighted by Crippen LogP contribution is -2.39. The third-order valence-electron chi connectivity index (χ3n) is 2.46. The van der Waals surface area contributed by atoms with Crippen LogP contribution in [-0.2, 0) is 20.0 Å². The minimum absolute atomic E-state index is 0.00319. The van der Waals surface area contributed by atoms with Crippen molar-refractivity contribution in [1.82, 2.24) is 0 Å². The predicted molar refractivity (Wildman–Crippen MR) is 72.6 cm³/mol. The molecule has 1 aromatic rings. The highest BCUT2D eigenvalue weighted by atomic mass is 32.3. The number of hydrogen-bond donors (Lipinski definition) is 0. The number of para-hydroxylation sites is 1. The van der Waals surface area contributed by atoms with E-state index in [2.05, 4.69) is 0 Å². The molecule has 1 aromatic carbocycles. The fourth-order valence-electron chi connectivity index (χ4n) is 1.43. The molecule has 0 aliphatic carbocycles. The van der Waals surface area contributed by atoms with Gasteiger partial charge in [0.05, 0.1) is 22.8 Å². The summed E-state index contributed by atoms with van der Waals surface area (Å²) in [5.74, 6) is -0.738. The zero-order chi connectivity index (χ0) is 14.7. The van der Waals surface area contributed by atoms with Crippen molar-refractivity contribution in [2.75, 3.05) is 15.2 Å². The Bertz CT molecular complexity index is 668. The summed E-state index contributed by atoms with van der Waals surface area (Å²) in [7, 11) is -8.04. The predicted octanol–water partition coefficient (Wildman–Crippen LogP) is 1.06. The van der Waals surface area contributed by atoms with Crippen LogP contribution in [0.3, 0.4) is 0 Å². The van der Waals surface area contributed by atoms with E-state index in [1.165, 1.54) is 38.1 Å². The lowest BCUT2D eigenvalue weighted by molar-refractivity contribution is 0.585. The van der Waals surface area contributed by atoms with E-state index in [4.69, 9.17) is 5.26 Å². The molecule has 0 aliphatic heterocycles. The maximum absolute atomic E-state index is 12.0. The lowest BCUT2D eigenvalue weighted by Gasteiger charge is -2.23. The highest BCUT2D eigenvalue weighted by molar-refractivity contribution is 8.10. The number of nitrogens with zero attached hydrogens (tertiary/aromatic N) is 2. The molecule has 19 heavy (non-hydrogen) atoms. The van der Waals surface area contributed by atoms with E-state index < -0.39 is 20.0 Å². The second-order valence-corrected chi connectivity index (χ2v) is 8.07. The molecule has 104 valence electrons. The van der Waals surface area contributed by atoms with Crippen LogP contribution in [0.4, 0.5) is 5.69 Å². The topological polar surface area (TPSA) is 95.3 Å². The van der Waals surface area contributed by atoms with Gasteiger partial charge in [0.2, 0.25) is 20.0 Å². The molecule has 0 bridgehead atoms. The van der Waals surface area contributed by atoms with Gasteiger partial charge in [-0.25, -0.2) is 16.8 Å². The molecule has 0 heterocycles. The van der Waals surface area contributed by atoms with Crippen LogP contribution in [0.2, 0.25) is 0 Å². The molecular formula is C11H14N2O4S2. The Morgan fingerprint density at radius 1 is 1.05 bits per heavy atom. The first-order chi connectivity index (χ1) is 8.80. The quantitative estimate of drug-likeness (QED) is 0.810. The first kappa shape index (κ1) is 15.5. The number of anilines is 1. The Morgan fingerprint density at radius 3 is 1.95 bits per heavy atom. The van der Waals surface area contributed by atoms with Crippen LogP contribution in [0.25, 0.3) is 0 Å². The van der Waals surface area contributed by atoms with Gasteiger partial charge in [0.25, 0.3) is 0 Å². The van der Waals surface area contributed by atoms with Crippen molar-refractivity contribution in [3.05, 3.63) is 29.8 Å². The molecule has 0 saturated heterocycles. The molecule has 0 amide bonds. The Labute approximate surface area is 113 Å². The first-order valence-corrected chi connectivity index (χ1v) is 8.77. The Kier molecular flexibility index (Phi) is 4.55. The van der Waals surface area contributed by atoms with Crippen LogP contribution >= 0.6 is 0 Å². The van der Waals surface area contributed by atoms with Gasteiger partial charge in [-0.05, 0) is 26.0 Å². The van der Waals surface area contributed by atoms with E-state index in [0.29, 0.717) is 3.71 Å². The molecule has 0 fully saturated rings. The Morgan fingerprint density at radius 2 is 1.53 bits per heavy atom. The van der Waals surface area contributed by atoms with E-state index in [1.807, 2.05) is 0 Å². The highest BCUT2D eigenvalue weighted by Gasteiger charge is 2.33. The van der Waals surface area contributed by atoms with Gasteiger partial charge in [0.1, 0.15) is 6.07 Å². The normalized spacial score (nSPS) is 11.8. The van der Waals surface area contributed by atoms with Crippen molar-refractivity contribution in [2.24, 2.45) is 0 Å².